The number of benzene rings is 1. The van der Waals surface area contributed by atoms with Crippen molar-refractivity contribution in [3.05, 3.63) is 47.8 Å². The molecule has 1 aromatic carbocycles. The molecule has 2 aromatic rings. The van der Waals surface area contributed by atoms with Crippen LogP contribution in [-0.2, 0) is 16.6 Å². The number of aromatic nitrogens is 2. The Kier molecular flexibility index (Phi) is 3.77. The van der Waals surface area contributed by atoms with Gasteiger partial charge in [0.25, 0.3) is 0 Å². The highest BCUT2D eigenvalue weighted by atomic mass is 32.2. The van der Waals surface area contributed by atoms with Crippen LogP contribution >= 0.6 is 0 Å². The molecule has 0 aliphatic carbocycles. The average molecular weight is 278 g/mol. The van der Waals surface area contributed by atoms with Crippen LogP contribution in [0.5, 0.6) is 0 Å². The maximum atomic E-state index is 12.2. The Morgan fingerprint density at radius 3 is 2.74 bits per heavy atom. The van der Waals surface area contributed by atoms with E-state index in [1.807, 2.05) is 0 Å². The fourth-order valence-corrected chi connectivity index (χ4v) is 2.87. The highest BCUT2D eigenvalue weighted by Crippen LogP contribution is 2.20. The molecular weight excluding hydrogens is 264 g/mol. The molecule has 0 spiro atoms. The monoisotopic (exact) mass is 278 g/mol. The van der Waals surface area contributed by atoms with Crippen LogP contribution in [0, 0.1) is 6.92 Å². The lowest BCUT2D eigenvalue weighted by Crippen LogP contribution is -2.24. The summed E-state index contributed by atoms with van der Waals surface area (Å²) >= 11 is 0. The highest BCUT2D eigenvalue weighted by Gasteiger charge is 2.17. The molecule has 0 atom stereocenters. The van der Waals surface area contributed by atoms with Crippen LogP contribution in [0.25, 0.3) is 0 Å². The molecule has 0 aliphatic heterocycles. The van der Waals surface area contributed by atoms with E-state index < -0.39 is 10.0 Å². The van der Waals surface area contributed by atoms with Crippen molar-refractivity contribution >= 4 is 15.7 Å². The molecule has 0 saturated heterocycles. The van der Waals surface area contributed by atoms with E-state index in [0.717, 1.165) is 0 Å². The van der Waals surface area contributed by atoms with E-state index in [1.54, 1.807) is 31.2 Å². The van der Waals surface area contributed by atoms with Crippen molar-refractivity contribution in [3.63, 3.8) is 0 Å². The van der Waals surface area contributed by atoms with Gasteiger partial charge in [-0.2, -0.15) is 10.2 Å². The minimum atomic E-state index is -3.61. The molecule has 0 fully saturated rings. The van der Waals surface area contributed by atoms with Crippen molar-refractivity contribution in [2.75, 3.05) is 5.73 Å². The molecule has 19 heavy (non-hydrogen) atoms. The first-order valence-electron chi connectivity index (χ1n) is 5.62. The molecular formula is C12H14N4O2S. The number of rotatable bonds is 4. The zero-order valence-electron chi connectivity index (χ0n) is 10.4. The van der Waals surface area contributed by atoms with Crippen LogP contribution in [0.2, 0.25) is 0 Å². The van der Waals surface area contributed by atoms with Crippen LogP contribution in [-0.4, -0.2) is 18.6 Å². The molecule has 0 amide bonds. The SMILES string of the molecule is Cc1c(N)cccc1S(=O)(=O)NCc1cccnn1. The summed E-state index contributed by atoms with van der Waals surface area (Å²) < 4.78 is 26.8. The quantitative estimate of drug-likeness (QED) is 0.808. The van der Waals surface area contributed by atoms with Gasteiger partial charge in [-0.05, 0) is 36.8 Å². The molecule has 1 aromatic heterocycles. The standard InChI is InChI=1S/C12H14N4O2S/c1-9-11(13)5-2-6-12(9)19(17,18)15-8-10-4-3-7-14-16-10/h2-7,15H,8,13H2,1H3. The Bertz CT molecular complexity index is 671. The van der Waals surface area contributed by atoms with Gasteiger partial charge in [-0.1, -0.05) is 6.07 Å². The predicted molar refractivity (Wildman–Crippen MR) is 71.6 cm³/mol. The van der Waals surface area contributed by atoms with Gasteiger partial charge in [0.1, 0.15) is 0 Å². The molecule has 0 unspecified atom stereocenters. The zero-order valence-corrected chi connectivity index (χ0v) is 11.2. The fraction of sp³-hybridized carbons (Fsp3) is 0.167. The van der Waals surface area contributed by atoms with Crippen LogP contribution in [0.1, 0.15) is 11.3 Å². The van der Waals surface area contributed by atoms with Crippen LogP contribution in [0.15, 0.2) is 41.4 Å². The first-order chi connectivity index (χ1) is 9.00. The van der Waals surface area contributed by atoms with E-state index in [4.69, 9.17) is 5.73 Å². The Morgan fingerprint density at radius 2 is 2.05 bits per heavy atom. The third kappa shape index (κ3) is 3.07. The Balaban J connectivity index is 2.22. The number of sulfonamides is 1. The molecule has 7 heteroatoms. The number of anilines is 1. The van der Waals surface area contributed by atoms with Gasteiger partial charge >= 0.3 is 0 Å². The number of nitrogens with two attached hydrogens (primary N) is 1. The first-order valence-corrected chi connectivity index (χ1v) is 7.10. The van der Waals surface area contributed by atoms with Gasteiger partial charge in [0.2, 0.25) is 10.0 Å². The van der Waals surface area contributed by atoms with E-state index in [-0.39, 0.29) is 11.4 Å². The van der Waals surface area contributed by atoms with Crippen molar-refractivity contribution in [2.45, 2.75) is 18.4 Å². The lowest BCUT2D eigenvalue weighted by atomic mass is 10.2. The average Bonchev–Trinajstić information content (AvgIpc) is 2.41. The van der Waals surface area contributed by atoms with Gasteiger partial charge in [-0.3, -0.25) is 0 Å². The molecule has 100 valence electrons. The second kappa shape index (κ2) is 5.33. The summed E-state index contributed by atoms with van der Waals surface area (Å²) in [5.74, 6) is 0. The summed E-state index contributed by atoms with van der Waals surface area (Å²) in [5.41, 5.74) is 7.24. The van der Waals surface area contributed by atoms with Gasteiger partial charge in [0.15, 0.2) is 0 Å². The third-order valence-corrected chi connectivity index (χ3v) is 4.23. The first kappa shape index (κ1) is 13.4. The van der Waals surface area contributed by atoms with E-state index >= 15 is 0 Å². The minimum Gasteiger partial charge on any atom is -0.398 e. The second-order valence-corrected chi connectivity index (χ2v) is 5.75. The van der Waals surface area contributed by atoms with Crippen molar-refractivity contribution < 1.29 is 8.42 Å². The molecule has 0 radical (unpaired) electrons. The molecule has 6 nitrogen and oxygen atoms in total. The van der Waals surface area contributed by atoms with Crippen molar-refractivity contribution in [1.82, 2.24) is 14.9 Å². The van der Waals surface area contributed by atoms with Crippen molar-refractivity contribution in [1.29, 1.82) is 0 Å². The number of nitrogens with one attached hydrogen (secondary N) is 1. The third-order valence-electron chi connectivity index (χ3n) is 2.69. The van der Waals surface area contributed by atoms with E-state index in [9.17, 15) is 8.42 Å². The molecule has 0 saturated carbocycles. The topological polar surface area (TPSA) is 98.0 Å². The molecule has 3 N–H and O–H groups in total. The molecule has 1 heterocycles. The maximum absolute atomic E-state index is 12.2. The number of hydrogen-bond donors (Lipinski definition) is 2. The zero-order chi connectivity index (χ0) is 13.9. The lowest BCUT2D eigenvalue weighted by molar-refractivity contribution is 0.579. The molecule has 0 aliphatic rings. The Morgan fingerprint density at radius 1 is 1.26 bits per heavy atom. The maximum Gasteiger partial charge on any atom is 0.241 e. The van der Waals surface area contributed by atoms with Gasteiger partial charge in [-0.25, -0.2) is 13.1 Å². The van der Waals surface area contributed by atoms with Crippen LogP contribution in [0.4, 0.5) is 5.69 Å². The summed E-state index contributed by atoms with van der Waals surface area (Å²) in [7, 11) is -3.61. The normalized spacial score (nSPS) is 11.4. The lowest BCUT2D eigenvalue weighted by Gasteiger charge is -2.10. The Labute approximate surface area is 111 Å². The van der Waals surface area contributed by atoms with Crippen LogP contribution in [0.3, 0.4) is 0 Å². The largest absolute Gasteiger partial charge is 0.398 e. The molecule has 0 bridgehead atoms. The summed E-state index contributed by atoms with van der Waals surface area (Å²) in [4.78, 5) is 0.177. The molecule has 2 rings (SSSR count). The minimum absolute atomic E-state index is 0.0877. The highest BCUT2D eigenvalue weighted by molar-refractivity contribution is 7.89. The van der Waals surface area contributed by atoms with Crippen molar-refractivity contribution in [2.24, 2.45) is 0 Å². The smallest absolute Gasteiger partial charge is 0.241 e. The number of hydrogen-bond acceptors (Lipinski definition) is 5. The van der Waals surface area contributed by atoms with Crippen molar-refractivity contribution in [3.8, 4) is 0 Å². The van der Waals surface area contributed by atoms with Crippen LogP contribution < -0.4 is 10.5 Å². The second-order valence-electron chi connectivity index (χ2n) is 4.01. The van der Waals surface area contributed by atoms with E-state index in [2.05, 4.69) is 14.9 Å². The van der Waals surface area contributed by atoms with Gasteiger partial charge in [-0.15, -0.1) is 0 Å². The summed E-state index contributed by atoms with van der Waals surface area (Å²) in [6, 6.07) is 8.19. The van der Waals surface area contributed by atoms with E-state index in [0.29, 0.717) is 16.9 Å². The fourth-order valence-electron chi connectivity index (χ4n) is 1.60. The summed E-state index contributed by atoms with van der Waals surface area (Å²) in [6.07, 6.45) is 1.53. The number of nitrogens with zero attached hydrogens (tertiary/aromatic N) is 2. The summed E-state index contributed by atoms with van der Waals surface area (Å²) in [5, 5.41) is 7.50. The van der Waals surface area contributed by atoms with Gasteiger partial charge in [0, 0.05) is 11.9 Å². The Hall–Kier alpha value is -1.99. The van der Waals surface area contributed by atoms with Gasteiger partial charge < -0.3 is 5.73 Å². The van der Waals surface area contributed by atoms with Gasteiger partial charge in [0.05, 0.1) is 17.1 Å². The number of nitrogen functional groups attached to an aromatic ring is 1. The van der Waals surface area contributed by atoms with E-state index in [1.165, 1.54) is 12.3 Å². The predicted octanol–water partition coefficient (Wildman–Crippen LogP) is 0.846. The summed E-state index contributed by atoms with van der Waals surface area (Å²) in [6.45, 7) is 1.76.